The van der Waals surface area contributed by atoms with Crippen molar-refractivity contribution in [3.8, 4) is 39.3 Å². The Kier molecular flexibility index (Phi) is 8.31. The molecule has 0 aliphatic heterocycles. The van der Waals surface area contributed by atoms with Gasteiger partial charge in [-0.25, -0.2) is 9.97 Å². The van der Waals surface area contributed by atoms with Crippen LogP contribution in [0.2, 0.25) is 0 Å². The first kappa shape index (κ1) is 33.7. The maximum Gasteiger partial charge on any atom is 0.147 e. The van der Waals surface area contributed by atoms with E-state index in [-0.39, 0.29) is 5.41 Å². The fourth-order valence-corrected chi connectivity index (χ4v) is 9.83. The summed E-state index contributed by atoms with van der Waals surface area (Å²) in [6.45, 7) is 13.5. The van der Waals surface area contributed by atoms with Crippen molar-refractivity contribution >= 4 is 42.7 Å². The molecule has 1 aliphatic rings. The number of hydrogen-bond donors (Lipinski definition) is 0. The number of thiophene rings is 1. The van der Waals surface area contributed by atoms with Gasteiger partial charge in [-0.2, -0.15) is 0 Å². The molecule has 0 radical (unpaired) electrons. The van der Waals surface area contributed by atoms with Gasteiger partial charge in [0.15, 0.2) is 0 Å². The van der Waals surface area contributed by atoms with Crippen LogP contribution in [0.5, 0.6) is 0 Å². The zero-order chi connectivity index (χ0) is 36.4. The SMILES string of the molecule is Cc1cc2nc(-c3cccc4c3sc3nc(C(C)C5CCCC5)ccc34)n(-c3c(-c4ccccc4)cc(C(C)(C)C)cc3-c3ccccc3)c2c(C)n1. The summed E-state index contributed by atoms with van der Waals surface area (Å²) in [6, 6.07) is 39.9. The van der Waals surface area contributed by atoms with E-state index in [1.165, 1.54) is 74.7 Å². The van der Waals surface area contributed by atoms with Gasteiger partial charge >= 0.3 is 0 Å². The molecule has 1 aliphatic carbocycles. The lowest BCUT2D eigenvalue weighted by molar-refractivity contribution is 0.454. The van der Waals surface area contributed by atoms with Gasteiger partial charge in [0, 0.05) is 49.5 Å². The second kappa shape index (κ2) is 13.1. The molecule has 4 nitrogen and oxygen atoms in total. The van der Waals surface area contributed by atoms with Crippen molar-refractivity contribution in [2.75, 3.05) is 0 Å². The van der Waals surface area contributed by atoms with E-state index in [1.807, 2.05) is 0 Å². The predicted octanol–water partition coefficient (Wildman–Crippen LogP) is 13.4. The van der Waals surface area contributed by atoms with Gasteiger partial charge in [0.05, 0.1) is 22.4 Å². The van der Waals surface area contributed by atoms with Crippen molar-refractivity contribution in [3.63, 3.8) is 0 Å². The highest BCUT2D eigenvalue weighted by molar-refractivity contribution is 7.26. The molecule has 53 heavy (non-hydrogen) atoms. The molecule has 0 N–H and O–H groups in total. The van der Waals surface area contributed by atoms with Crippen LogP contribution in [-0.2, 0) is 5.41 Å². The summed E-state index contributed by atoms with van der Waals surface area (Å²) in [5.74, 6) is 2.12. The van der Waals surface area contributed by atoms with Crippen molar-refractivity contribution < 1.29 is 0 Å². The molecule has 9 rings (SSSR count). The predicted molar refractivity (Wildman–Crippen MR) is 224 cm³/mol. The van der Waals surface area contributed by atoms with Gasteiger partial charge in [-0.1, -0.05) is 113 Å². The summed E-state index contributed by atoms with van der Waals surface area (Å²) in [4.78, 5) is 17.1. The average molecular weight is 711 g/mol. The molecule has 0 bridgehead atoms. The van der Waals surface area contributed by atoms with E-state index in [0.717, 1.165) is 50.2 Å². The summed E-state index contributed by atoms with van der Waals surface area (Å²) < 4.78 is 3.64. The summed E-state index contributed by atoms with van der Waals surface area (Å²) in [7, 11) is 0. The van der Waals surface area contributed by atoms with Gasteiger partial charge < -0.3 is 0 Å². The van der Waals surface area contributed by atoms with Crippen LogP contribution in [0.4, 0.5) is 0 Å². The Morgan fingerprint density at radius 3 is 2.00 bits per heavy atom. The fourth-order valence-electron chi connectivity index (χ4n) is 8.64. The third-order valence-electron chi connectivity index (χ3n) is 11.5. The quantitative estimate of drug-likeness (QED) is 0.173. The van der Waals surface area contributed by atoms with Gasteiger partial charge in [0.2, 0.25) is 0 Å². The minimum Gasteiger partial charge on any atom is -0.289 e. The molecule has 5 heteroatoms. The smallest absolute Gasteiger partial charge is 0.147 e. The Hall–Kier alpha value is -5.13. The zero-order valence-corrected chi connectivity index (χ0v) is 32.4. The van der Waals surface area contributed by atoms with Crippen LogP contribution in [0.1, 0.15) is 81.9 Å². The molecule has 0 saturated heterocycles. The maximum atomic E-state index is 5.55. The minimum absolute atomic E-state index is 0.0657. The van der Waals surface area contributed by atoms with Crippen LogP contribution in [0.25, 0.3) is 70.7 Å². The number of rotatable bonds is 6. The number of imidazole rings is 1. The van der Waals surface area contributed by atoms with E-state index < -0.39 is 0 Å². The number of benzene rings is 4. The number of nitrogens with zero attached hydrogens (tertiary/aromatic N) is 4. The lowest BCUT2D eigenvalue weighted by Gasteiger charge is -2.26. The number of aryl methyl sites for hydroxylation is 2. The highest BCUT2D eigenvalue weighted by Gasteiger charge is 2.28. The van der Waals surface area contributed by atoms with E-state index in [9.17, 15) is 0 Å². The Bertz CT molecular complexity index is 2580. The first-order valence-electron chi connectivity index (χ1n) is 19.1. The molecule has 1 unspecified atom stereocenters. The molecule has 1 saturated carbocycles. The van der Waals surface area contributed by atoms with Crippen molar-refractivity contribution in [2.24, 2.45) is 5.92 Å². The summed E-state index contributed by atoms with van der Waals surface area (Å²) >= 11 is 1.81. The Morgan fingerprint density at radius 1 is 0.698 bits per heavy atom. The number of pyridine rings is 2. The van der Waals surface area contributed by atoms with Crippen molar-refractivity contribution in [3.05, 3.63) is 132 Å². The largest absolute Gasteiger partial charge is 0.289 e. The van der Waals surface area contributed by atoms with Crippen molar-refractivity contribution in [1.29, 1.82) is 0 Å². The molecule has 264 valence electrons. The summed E-state index contributed by atoms with van der Waals surface area (Å²) in [6.07, 6.45) is 5.31. The zero-order valence-electron chi connectivity index (χ0n) is 31.6. The molecule has 0 spiro atoms. The van der Waals surface area contributed by atoms with Crippen molar-refractivity contribution in [1.82, 2.24) is 19.5 Å². The topological polar surface area (TPSA) is 43.6 Å². The molecule has 4 aromatic carbocycles. The summed E-state index contributed by atoms with van der Waals surface area (Å²) in [5, 5.41) is 2.45. The van der Waals surface area contributed by atoms with Crippen LogP contribution in [0.3, 0.4) is 0 Å². The van der Waals surface area contributed by atoms with Gasteiger partial charge in [-0.15, -0.1) is 11.3 Å². The molecular weight excluding hydrogens is 665 g/mol. The molecule has 1 fully saturated rings. The third-order valence-corrected chi connectivity index (χ3v) is 12.7. The molecule has 4 aromatic heterocycles. The van der Waals surface area contributed by atoms with Crippen LogP contribution in [-0.4, -0.2) is 19.5 Å². The highest BCUT2D eigenvalue weighted by Crippen LogP contribution is 2.46. The Morgan fingerprint density at radius 2 is 1.36 bits per heavy atom. The van der Waals surface area contributed by atoms with Crippen molar-refractivity contribution in [2.45, 2.75) is 78.6 Å². The van der Waals surface area contributed by atoms with Crippen LogP contribution in [0.15, 0.2) is 109 Å². The number of fused-ring (bicyclic) bond motifs is 4. The maximum absolute atomic E-state index is 5.55. The van der Waals surface area contributed by atoms with E-state index in [4.69, 9.17) is 15.0 Å². The highest BCUT2D eigenvalue weighted by atomic mass is 32.1. The van der Waals surface area contributed by atoms with Crippen LogP contribution < -0.4 is 0 Å². The standard InChI is InChI=1S/C48H46N4S/c1-29-26-42-43(31(3)49-29)52(44-39(33-18-9-7-10-19-33)27-35(48(4,5)6)28-40(44)34-20-11-8-12-21-34)46(50-42)38-23-15-22-36-37-24-25-41(51-47(37)53-45(36)38)30(2)32-16-13-14-17-32/h7-12,15,18-28,30,32H,13-14,16-17H2,1-6H3. The average Bonchev–Trinajstić information content (AvgIpc) is 3.92. The van der Waals surface area contributed by atoms with E-state index in [1.54, 1.807) is 11.3 Å². The Labute approximate surface area is 316 Å². The lowest BCUT2D eigenvalue weighted by atomic mass is 9.82. The van der Waals surface area contributed by atoms with E-state index in [2.05, 4.69) is 155 Å². The van der Waals surface area contributed by atoms with Gasteiger partial charge in [-0.3, -0.25) is 9.55 Å². The fraction of sp³-hybridized carbons (Fsp3) is 0.271. The van der Waals surface area contributed by atoms with Crippen LogP contribution >= 0.6 is 11.3 Å². The minimum atomic E-state index is -0.0657. The van der Waals surface area contributed by atoms with Crippen LogP contribution in [0, 0.1) is 19.8 Å². The Balaban J connectivity index is 1.38. The molecule has 0 amide bonds. The van der Waals surface area contributed by atoms with Gasteiger partial charge in [0.1, 0.15) is 10.7 Å². The number of aromatic nitrogens is 4. The summed E-state index contributed by atoms with van der Waals surface area (Å²) in [5.41, 5.74) is 13.3. The van der Waals surface area contributed by atoms with Gasteiger partial charge in [-0.05, 0) is 91.1 Å². The second-order valence-corrected chi connectivity index (χ2v) is 17.1. The third kappa shape index (κ3) is 5.86. The first-order chi connectivity index (χ1) is 25.7. The van der Waals surface area contributed by atoms with E-state index in [0.29, 0.717) is 5.92 Å². The monoisotopic (exact) mass is 710 g/mol. The van der Waals surface area contributed by atoms with E-state index >= 15 is 0 Å². The number of hydrogen-bond acceptors (Lipinski definition) is 4. The molecule has 1 atom stereocenters. The molecular formula is C48H46N4S. The van der Waals surface area contributed by atoms with Gasteiger partial charge in [0.25, 0.3) is 0 Å². The molecule has 8 aromatic rings. The second-order valence-electron chi connectivity index (χ2n) is 16.1. The normalized spacial score (nSPS) is 14.5. The lowest BCUT2D eigenvalue weighted by Crippen LogP contribution is -2.13. The molecule has 4 heterocycles. The first-order valence-corrected chi connectivity index (χ1v) is 20.0.